The number of hydrogen-bond acceptors (Lipinski definition) is 9. The Labute approximate surface area is 341 Å². The normalized spacial score (nSPS) is 17.4. The first-order valence-corrected chi connectivity index (χ1v) is 23.7. The zero-order valence-corrected chi connectivity index (χ0v) is 36.2. The number of unbranched alkanes of at least 4 members (excludes halogenated alkanes) is 16. The molecule has 0 radical (unpaired) electrons. The predicted molar refractivity (Wildman–Crippen MR) is 228 cm³/mol. The molecule has 1 heterocycles. The summed E-state index contributed by atoms with van der Waals surface area (Å²) >= 11 is 0. The molecule has 56 heavy (non-hydrogen) atoms. The second kappa shape index (κ2) is 37.2. The highest BCUT2D eigenvalue weighted by atomic mass is 31.2. The maximum absolute atomic E-state index is 12.6. The molecule has 324 valence electrons. The largest absolute Gasteiger partial charge is 0.472 e. The monoisotopic (exact) mass is 810 g/mol. The fraction of sp³-hybridized carbons (Fsp3) is 0.778. The van der Waals surface area contributed by atoms with Crippen LogP contribution in [0, 0.1) is 0 Å². The van der Waals surface area contributed by atoms with Crippen LogP contribution in [0.5, 0.6) is 0 Å². The Hall–Kier alpha value is -2.07. The molecule has 10 nitrogen and oxygen atoms in total. The fourth-order valence-corrected chi connectivity index (χ4v) is 6.95. The van der Waals surface area contributed by atoms with Gasteiger partial charge < -0.3 is 24.8 Å². The quantitative estimate of drug-likeness (QED) is 0.0201. The van der Waals surface area contributed by atoms with Crippen LogP contribution in [-0.4, -0.2) is 61.5 Å². The van der Waals surface area contributed by atoms with Crippen molar-refractivity contribution >= 4 is 19.8 Å². The van der Waals surface area contributed by atoms with E-state index < -0.39 is 32.5 Å². The van der Waals surface area contributed by atoms with Gasteiger partial charge in [0.25, 0.3) is 0 Å². The Balaban J connectivity index is 2.20. The molecule has 0 amide bonds. The third-order valence-corrected chi connectivity index (χ3v) is 10.6. The molecule has 0 saturated carbocycles. The lowest BCUT2D eigenvalue weighted by Gasteiger charge is -2.19. The molecule has 1 fully saturated rings. The average Bonchev–Trinajstić information content (AvgIpc) is 3.94. The van der Waals surface area contributed by atoms with Crippen molar-refractivity contribution in [2.75, 3.05) is 26.4 Å². The number of carbonyl (C=O) groups is 2. The SMILES string of the molecule is CCCCCCCC/C=C\CCCCCCCCCC(=O)O[C@H](COC(=O)CCC/C=C\C/C=C\C/C=C\CC1OC1CCCCC)COP(=O)(O)OCCN. The van der Waals surface area contributed by atoms with E-state index in [0.29, 0.717) is 25.0 Å². The number of carbonyl (C=O) groups excluding carboxylic acids is 2. The fourth-order valence-electron chi connectivity index (χ4n) is 6.19. The molecule has 0 aliphatic carbocycles. The molecule has 3 N–H and O–H groups in total. The van der Waals surface area contributed by atoms with E-state index in [-0.39, 0.29) is 32.6 Å². The first kappa shape index (κ1) is 51.9. The summed E-state index contributed by atoms with van der Waals surface area (Å²) in [4.78, 5) is 34.9. The number of rotatable bonds is 40. The number of esters is 2. The van der Waals surface area contributed by atoms with Gasteiger partial charge >= 0.3 is 19.8 Å². The minimum absolute atomic E-state index is 0.0423. The highest BCUT2D eigenvalue weighted by molar-refractivity contribution is 7.47. The maximum Gasteiger partial charge on any atom is 0.472 e. The van der Waals surface area contributed by atoms with E-state index in [4.69, 9.17) is 29.0 Å². The van der Waals surface area contributed by atoms with Gasteiger partial charge in [-0.1, -0.05) is 146 Å². The molecule has 0 bridgehead atoms. The third kappa shape index (κ3) is 34.0. The molecule has 0 spiro atoms. The molecule has 1 rings (SSSR count). The van der Waals surface area contributed by atoms with Crippen LogP contribution in [0.1, 0.15) is 181 Å². The standard InChI is InChI=1S/C45H80NO9P/c1-3-5-7-8-9-10-11-12-13-14-15-16-17-22-25-28-32-36-45(48)54-41(40-53-56(49,50)52-38-37-46)39-51-44(47)35-31-27-24-21-19-18-20-23-26-30-34-43-42(55-43)33-29-6-4-2/h12-13,18,20-21,24,26,30,41-43H,3-11,14-17,19,22-23,25,27-29,31-40,46H2,1-2H3,(H,49,50)/b13-12-,20-18-,24-21-,30-26-/t41-,42?,43?/m1/s1. The van der Waals surface area contributed by atoms with Gasteiger partial charge in [0.05, 0.1) is 25.4 Å². The summed E-state index contributed by atoms with van der Waals surface area (Å²) in [5.41, 5.74) is 5.35. The van der Waals surface area contributed by atoms with Crippen LogP contribution in [0.3, 0.4) is 0 Å². The maximum atomic E-state index is 12.6. The first-order valence-electron chi connectivity index (χ1n) is 22.2. The highest BCUT2D eigenvalue weighted by Gasteiger charge is 2.36. The zero-order valence-electron chi connectivity index (χ0n) is 35.3. The number of nitrogens with two attached hydrogens (primary N) is 1. The minimum Gasteiger partial charge on any atom is -0.462 e. The van der Waals surface area contributed by atoms with Gasteiger partial charge in [-0.05, 0) is 70.6 Å². The lowest BCUT2D eigenvalue weighted by Crippen LogP contribution is -2.29. The smallest absolute Gasteiger partial charge is 0.462 e. The predicted octanol–water partition coefficient (Wildman–Crippen LogP) is 11.7. The number of phosphoric ester groups is 1. The van der Waals surface area contributed by atoms with Crippen LogP contribution in [0.2, 0.25) is 0 Å². The van der Waals surface area contributed by atoms with Gasteiger partial charge in [-0.15, -0.1) is 0 Å². The Morgan fingerprint density at radius 3 is 1.84 bits per heavy atom. The molecule has 0 aromatic heterocycles. The van der Waals surface area contributed by atoms with Crippen molar-refractivity contribution in [3.05, 3.63) is 48.6 Å². The molecular weight excluding hydrogens is 729 g/mol. The molecule has 1 aliphatic heterocycles. The van der Waals surface area contributed by atoms with Crippen LogP contribution >= 0.6 is 7.82 Å². The van der Waals surface area contributed by atoms with E-state index in [1.807, 2.05) is 6.08 Å². The molecule has 0 aromatic carbocycles. The van der Waals surface area contributed by atoms with Crippen LogP contribution in [0.4, 0.5) is 0 Å². The van der Waals surface area contributed by atoms with E-state index >= 15 is 0 Å². The second-order valence-corrected chi connectivity index (χ2v) is 16.4. The van der Waals surface area contributed by atoms with Crippen molar-refractivity contribution in [1.82, 2.24) is 0 Å². The summed E-state index contributed by atoms with van der Waals surface area (Å²) in [6.07, 6.45) is 44.6. The average molecular weight is 810 g/mol. The summed E-state index contributed by atoms with van der Waals surface area (Å²) in [7, 11) is -4.39. The van der Waals surface area contributed by atoms with Gasteiger partial charge in [0.15, 0.2) is 6.10 Å². The molecule has 3 unspecified atom stereocenters. The Kier molecular flexibility index (Phi) is 34.5. The van der Waals surface area contributed by atoms with Crippen molar-refractivity contribution < 1.29 is 42.3 Å². The van der Waals surface area contributed by atoms with E-state index in [0.717, 1.165) is 51.4 Å². The zero-order chi connectivity index (χ0) is 40.8. The van der Waals surface area contributed by atoms with Gasteiger partial charge in [-0.2, -0.15) is 0 Å². The molecule has 4 atom stereocenters. The first-order chi connectivity index (χ1) is 27.3. The topological polar surface area (TPSA) is 147 Å². The van der Waals surface area contributed by atoms with Crippen molar-refractivity contribution in [2.45, 2.75) is 199 Å². The lowest BCUT2D eigenvalue weighted by molar-refractivity contribution is -0.161. The summed E-state index contributed by atoms with van der Waals surface area (Å²) in [5.74, 6) is -0.904. The number of epoxide rings is 1. The van der Waals surface area contributed by atoms with Gasteiger partial charge in [0.2, 0.25) is 0 Å². The lowest BCUT2D eigenvalue weighted by atomic mass is 10.1. The van der Waals surface area contributed by atoms with Crippen molar-refractivity contribution in [3.63, 3.8) is 0 Å². The van der Waals surface area contributed by atoms with Crippen molar-refractivity contribution in [1.29, 1.82) is 0 Å². The third-order valence-electron chi connectivity index (χ3n) is 9.61. The van der Waals surface area contributed by atoms with Gasteiger partial charge in [0, 0.05) is 19.4 Å². The van der Waals surface area contributed by atoms with E-state index in [1.54, 1.807) is 0 Å². The van der Waals surface area contributed by atoms with E-state index in [9.17, 15) is 19.0 Å². The second-order valence-electron chi connectivity index (χ2n) is 14.9. The number of allylic oxidation sites excluding steroid dienone is 7. The van der Waals surface area contributed by atoms with Gasteiger partial charge in [0.1, 0.15) is 6.61 Å². The number of hydrogen-bond donors (Lipinski definition) is 2. The van der Waals surface area contributed by atoms with Crippen LogP contribution in [-0.2, 0) is 37.4 Å². The molecule has 1 aliphatic rings. The van der Waals surface area contributed by atoms with Crippen molar-refractivity contribution in [3.8, 4) is 0 Å². The van der Waals surface area contributed by atoms with E-state index in [1.165, 1.54) is 89.9 Å². The number of phosphoric acid groups is 1. The van der Waals surface area contributed by atoms with Crippen LogP contribution in [0.15, 0.2) is 48.6 Å². The van der Waals surface area contributed by atoms with Crippen LogP contribution < -0.4 is 5.73 Å². The van der Waals surface area contributed by atoms with Crippen molar-refractivity contribution in [2.24, 2.45) is 5.73 Å². The summed E-state index contributed by atoms with van der Waals surface area (Å²) < 4.78 is 38.5. The molecule has 1 saturated heterocycles. The van der Waals surface area contributed by atoms with E-state index in [2.05, 4.69) is 56.4 Å². The molecular formula is C45H80NO9P. The van der Waals surface area contributed by atoms with Crippen LogP contribution in [0.25, 0.3) is 0 Å². The van der Waals surface area contributed by atoms with Gasteiger partial charge in [-0.25, -0.2) is 4.57 Å². The highest BCUT2D eigenvalue weighted by Crippen LogP contribution is 2.43. The Morgan fingerprint density at radius 2 is 1.18 bits per heavy atom. The number of ether oxygens (including phenoxy) is 3. The van der Waals surface area contributed by atoms with Gasteiger partial charge in [-0.3, -0.25) is 18.6 Å². The minimum atomic E-state index is -4.39. The summed E-state index contributed by atoms with van der Waals surface area (Å²) in [6.45, 7) is 3.62. The summed E-state index contributed by atoms with van der Waals surface area (Å²) in [6, 6.07) is 0. The molecule has 0 aromatic rings. The Morgan fingerprint density at radius 1 is 0.643 bits per heavy atom. The Bertz CT molecular complexity index is 1120. The molecule has 11 heteroatoms. The summed E-state index contributed by atoms with van der Waals surface area (Å²) in [5, 5.41) is 0.